The Morgan fingerprint density at radius 1 is 1.00 bits per heavy atom. The van der Waals surface area contributed by atoms with Crippen LogP contribution in [0.25, 0.3) is 11.3 Å². The fourth-order valence-corrected chi connectivity index (χ4v) is 4.06. The van der Waals surface area contributed by atoms with Crippen LogP contribution in [0.4, 0.5) is 11.4 Å². The van der Waals surface area contributed by atoms with Crippen LogP contribution in [0.1, 0.15) is 33.2 Å². The van der Waals surface area contributed by atoms with Crippen LogP contribution in [-0.4, -0.2) is 21.0 Å². The first kappa shape index (κ1) is 18.7. The molecule has 152 valence electrons. The lowest BCUT2D eigenvalue weighted by atomic mass is 9.95. The molecular weight excluding hydrogens is 392 g/mol. The van der Waals surface area contributed by atoms with Crippen LogP contribution in [0.3, 0.4) is 0 Å². The Kier molecular flexibility index (Phi) is 4.36. The molecule has 1 atom stereocenters. The summed E-state index contributed by atoms with van der Waals surface area (Å²) in [7, 11) is 0. The van der Waals surface area contributed by atoms with Crippen molar-refractivity contribution < 1.29 is 9.72 Å². The molecule has 31 heavy (non-hydrogen) atoms. The van der Waals surface area contributed by atoms with Gasteiger partial charge in [0.2, 0.25) is 0 Å². The highest BCUT2D eigenvalue weighted by atomic mass is 16.6. The van der Waals surface area contributed by atoms with Gasteiger partial charge >= 0.3 is 0 Å². The number of para-hydroxylation sites is 1. The number of anilines is 1. The van der Waals surface area contributed by atoms with Crippen molar-refractivity contribution in [3.63, 3.8) is 0 Å². The molecule has 3 aromatic carbocycles. The molecule has 4 aromatic rings. The molecular formula is C24H18N4O3. The van der Waals surface area contributed by atoms with E-state index in [0.717, 1.165) is 16.7 Å². The van der Waals surface area contributed by atoms with Gasteiger partial charge in [-0.25, -0.2) is 0 Å². The summed E-state index contributed by atoms with van der Waals surface area (Å²) < 4.78 is 0. The maximum atomic E-state index is 13.4. The van der Waals surface area contributed by atoms with Gasteiger partial charge in [0, 0.05) is 28.9 Å². The van der Waals surface area contributed by atoms with E-state index in [1.807, 2.05) is 67.6 Å². The zero-order valence-corrected chi connectivity index (χ0v) is 16.6. The van der Waals surface area contributed by atoms with Gasteiger partial charge < -0.3 is 0 Å². The minimum Gasteiger partial charge on any atom is -0.295 e. The molecule has 0 aliphatic carbocycles. The number of nitro groups is 1. The van der Waals surface area contributed by atoms with E-state index in [9.17, 15) is 14.9 Å². The second kappa shape index (κ2) is 7.21. The van der Waals surface area contributed by atoms with Crippen molar-refractivity contribution in [2.45, 2.75) is 13.0 Å². The van der Waals surface area contributed by atoms with Crippen molar-refractivity contribution in [1.82, 2.24) is 10.2 Å². The zero-order chi connectivity index (χ0) is 21.5. The van der Waals surface area contributed by atoms with E-state index >= 15 is 0 Å². The monoisotopic (exact) mass is 410 g/mol. The smallest absolute Gasteiger partial charge is 0.277 e. The van der Waals surface area contributed by atoms with Crippen molar-refractivity contribution in [2.24, 2.45) is 0 Å². The lowest BCUT2D eigenvalue weighted by molar-refractivity contribution is -0.384. The molecule has 0 saturated heterocycles. The third-order valence-electron chi connectivity index (χ3n) is 5.52. The molecule has 1 aliphatic rings. The second-order valence-electron chi connectivity index (χ2n) is 7.49. The maximum absolute atomic E-state index is 13.4. The van der Waals surface area contributed by atoms with E-state index in [1.165, 1.54) is 12.1 Å². The first-order valence-electron chi connectivity index (χ1n) is 9.83. The zero-order valence-electron chi connectivity index (χ0n) is 16.6. The van der Waals surface area contributed by atoms with Gasteiger partial charge in [-0.2, -0.15) is 5.10 Å². The standard InChI is InChI=1S/C24H18N4O3/c1-15-10-12-16(13-11-15)21-20-22(26-25-21)24(29)27(18-7-3-2-4-8-18)23(20)17-6-5-9-19(14-17)28(30)31/h2-14,23H,1H3,(H,25,26)/t23-/m0/s1. The van der Waals surface area contributed by atoms with Crippen molar-refractivity contribution in [1.29, 1.82) is 0 Å². The molecule has 1 aromatic heterocycles. The van der Waals surface area contributed by atoms with Crippen LogP contribution in [0.5, 0.6) is 0 Å². The number of carbonyl (C=O) groups excluding carboxylic acids is 1. The largest absolute Gasteiger partial charge is 0.295 e. The number of aryl methyl sites for hydroxylation is 1. The van der Waals surface area contributed by atoms with Gasteiger partial charge in [0.1, 0.15) is 5.69 Å². The van der Waals surface area contributed by atoms with E-state index in [4.69, 9.17) is 0 Å². The molecule has 7 nitrogen and oxygen atoms in total. The summed E-state index contributed by atoms with van der Waals surface area (Å²) in [5.74, 6) is -0.219. The van der Waals surface area contributed by atoms with Crippen LogP contribution >= 0.6 is 0 Å². The summed E-state index contributed by atoms with van der Waals surface area (Å²) in [6.07, 6.45) is 0. The summed E-state index contributed by atoms with van der Waals surface area (Å²) in [6.45, 7) is 2.01. The Morgan fingerprint density at radius 3 is 2.45 bits per heavy atom. The van der Waals surface area contributed by atoms with E-state index in [0.29, 0.717) is 22.6 Å². The van der Waals surface area contributed by atoms with Crippen LogP contribution in [0, 0.1) is 17.0 Å². The van der Waals surface area contributed by atoms with Crippen molar-refractivity contribution in [3.8, 4) is 11.3 Å². The number of non-ortho nitro benzene ring substituents is 1. The molecule has 1 amide bonds. The molecule has 1 aliphatic heterocycles. The summed E-state index contributed by atoms with van der Waals surface area (Å²) in [6, 6.07) is 23.1. The van der Waals surface area contributed by atoms with Crippen molar-refractivity contribution in [3.05, 3.63) is 111 Å². The number of rotatable bonds is 4. The van der Waals surface area contributed by atoms with Crippen molar-refractivity contribution in [2.75, 3.05) is 4.90 Å². The second-order valence-corrected chi connectivity index (χ2v) is 7.49. The van der Waals surface area contributed by atoms with Gasteiger partial charge in [0.25, 0.3) is 11.6 Å². The Balaban J connectivity index is 1.74. The predicted molar refractivity (Wildman–Crippen MR) is 117 cm³/mol. The van der Waals surface area contributed by atoms with Gasteiger partial charge in [0.15, 0.2) is 0 Å². The quantitative estimate of drug-likeness (QED) is 0.377. The minimum absolute atomic E-state index is 0.0215. The van der Waals surface area contributed by atoms with Crippen LogP contribution in [-0.2, 0) is 0 Å². The normalized spacial score (nSPS) is 15.2. The number of benzene rings is 3. The molecule has 1 N–H and O–H groups in total. The molecule has 0 unspecified atom stereocenters. The Labute approximate surface area is 178 Å². The third-order valence-corrected chi connectivity index (χ3v) is 5.52. The Morgan fingerprint density at radius 2 is 1.74 bits per heavy atom. The molecule has 0 bridgehead atoms. The van der Waals surface area contributed by atoms with Gasteiger partial charge in [-0.1, -0.05) is 60.2 Å². The highest BCUT2D eigenvalue weighted by Gasteiger charge is 2.43. The molecule has 0 radical (unpaired) electrons. The highest BCUT2D eigenvalue weighted by molar-refractivity contribution is 6.11. The van der Waals surface area contributed by atoms with E-state index < -0.39 is 11.0 Å². The number of fused-ring (bicyclic) bond motifs is 1. The number of amides is 1. The first-order valence-corrected chi connectivity index (χ1v) is 9.83. The van der Waals surface area contributed by atoms with Gasteiger partial charge in [-0.05, 0) is 24.6 Å². The van der Waals surface area contributed by atoms with Gasteiger partial charge in [-0.3, -0.25) is 24.9 Å². The summed E-state index contributed by atoms with van der Waals surface area (Å²) >= 11 is 0. The average Bonchev–Trinajstić information content (AvgIpc) is 3.34. The number of hydrogen-bond donors (Lipinski definition) is 1. The SMILES string of the molecule is Cc1ccc(-c2n[nH]c3c2[C@H](c2cccc([N+](=O)[O-])c2)N(c2ccccc2)C3=O)cc1. The number of aromatic amines is 1. The number of aromatic nitrogens is 2. The Bertz CT molecular complexity index is 1300. The lowest BCUT2D eigenvalue weighted by Gasteiger charge is -2.26. The lowest BCUT2D eigenvalue weighted by Crippen LogP contribution is -2.29. The minimum atomic E-state index is -0.542. The van der Waals surface area contributed by atoms with Crippen LogP contribution in [0.15, 0.2) is 78.9 Å². The highest BCUT2D eigenvalue weighted by Crippen LogP contribution is 2.45. The number of carbonyl (C=O) groups is 1. The van der Waals surface area contributed by atoms with E-state index in [-0.39, 0.29) is 11.6 Å². The van der Waals surface area contributed by atoms with Gasteiger partial charge in [0.05, 0.1) is 16.7 Å². The predicted octanol–water partition coefficient (Wildman–Crippen LogP) is 5.04. The fraction of sp³-hybridized carbons (Fsp3) is 0.0833. The molecule has 7 heteroatoms. The third kappa shape index (κ3) is 3.07. The topological polar surface area (TPSA) is 92.1 Å². The molecule has 0 spiro atoms. The number of hydrogen-bond acceptors (Lipinski definition) is 4. The van der Waals surface area contributed by atoms with Crippen LogP contribution < -0.4 is 4.90 Å². The average molecular weight is 410 g/mol. The summed E-state index contributed by atoms with van der Waals surface area (Å²) in [4.78, 5) is 26.1. The van der Waals surface area contributed by atoms with E-state index in [2.05, 4.69) is 10.2 Å². The van der Waals surface area contributed by atoms with Crippen LogP contribution in [0.2, 0.25) is 0 Å². The van der Waals surface area contributed by atoms with E-state index in [1.54, 1.807) is 11.0 Å². The summed E-state index contributed by atoms with van der Waals surface area (Å²) in [5, 5.41) is 18.8. The molecule has 0 saturated carbocycles. The molecule has 5 rings (SSSR count). The maximum Gasteiger partial charge on any atom is 0.277 e. The number of nitrogens with one attached hydrogen (secondary N) is 1. The fourth-order valence-electron chi connectivity index (χ4n) is 4.06. The number of H-pyrrole nitrogens is 1. The summed E-state index contributed by atoms with van der Waals surface area (Å²) in [5.41, 5.74) is 5.12. The van der Waals surface area contributed by atoms with Gasteiger partial charge in [-0.15, -0.1) is 0 Å². The Hall–Kier alpha value is -4.26. The number of nitro benzene ring substituents is 1. The first-order chi connectivity index (χ1) is 15.0. The van der Waals surface area contributed by atoms with Crippen molar-refractivity contribution >= 4 is 17.3 Å². The molecule has 2 heterocycles. The molecule has 0 fully saturated rings. The number of nitrogens with zero attached hydrogens (tertiary/aromatic N) is 3.